The first-order valence-electron chi connectivity index (χ1n) is 9.10. The third-order valence-electron chi connectivity index (χ3n) is 4.96. The molecule has 2 aromatic rings. The molecule has 142 valence electrons. The van der Waals surface area contributed by atoms with E-state index >= 15 is 0 Å². The molecule has 1 aromatic carbocycles. The predicted molar refractivity (Wildman–Crippen MR) is 96.1 cm³/mol. The maximum absolute atomic E-state index is 12.8. The van der Waals surface area contributed by atoms with E-state index in [-0.39, 0.29) is 31.2 Å². The number of amides is 2. The van der Waals surface area contributed by atoms with Gasteiger partial charge in [0.1, 0.15) is 6.04 Å². The molecule has 8 heteroatoms. The Kier molecular flexibility index (Phi) is 4.70. The maximum Gasteiger partial charge on any atom is 0.247 e. The Morgan fingerprint density at radius 3 is 2.85 bits per heavy atom. The van der Waals surface area contributed by atoms with Crippen LogP contribution in [-0.2, 0) is 16.1 Å². The number of ether oxygens (including phenoxy) is 2. The van der Waals surface area contributed by atoms with Crippen LogP contribution in [0.1, 0.15) is 24.9 Å². The van der Waals surface area contributed by atoms with Crippen molar-refractivity contribution < 1.29 is 19.1 Å². The predicted octanol–water partition coefficient (Wildman–Crippen LogP) is 1.43. The van der Waals surface area contributed by atoms with Crippen molar-refractivity contribution in [3.63, 3.8) is 0 Å². The third-order valence-corrected chi connectivity index (χ3v) is 4.96. The van der Waals surface area contributed by atoms with Gasteiger partial charge in [-0.1, -0.05) is 13.0 Å². The topological polar surface area (TPSA) is 76.9 Å². The quantitative estimate of drug-likeness (QED) is 0.796. The zero-order chi connectivity index (χ0) is 18.8. The summed E-state index contributed by atoms with van der Waals surface area (Å²) in [7, 11) is 0. The van der Waals surface area contributed by atoms with E-state index in [9.17, 15) is 9.59 Å². The average molecular weight is 370 g/mol. The van der Waals surface area contributed by atoms with Gasteiger partial charge in [-0.15, -0.1) is 0 Å². The lowest BCUT2D eigenvalue weighted by Gasteiger charge is -2.36. The van der Waals surface area contributed by atoms with Gasteiger partial charge in [0.25, 0.3) is 0 Å². The van der Waals surface area contributed by atoms with Crippen molar-refractivity contribution in [2.24, 2.45) is 0 Å². The van der Waals surface area contributed by atoms with Gasteiger partial charge in [0.15, 0.2) is 11.5 Å². The number of hydrogen-bond acceptors (Lipinski definition) is 5. The number of rotatable bonds is 5. The third kappa shape index (κ3) is 3.47. The second-order valence-corrected chi connectivity index (χ2v) is 6.67. The first-order chi connectivity index (χ1) is 13.2. The van der Waals surface area contributed by atoms with Gasteiger partial charge in [0.05, 0.1) is 6.54 Å². The van der Waals surface area contributed by atoms with Crippen molar-refractivity contribution in [2.45, 2.75) is 25.9 Å². The van der Waals surface area contributed by atoms with E-state index in [4.69, 9.17) is 9.47 Å². The van der Waals surface area contributed by atoms with Crippen LogP contribution in [0.3, 0.4) is 0 Å². The van der Waals surface area contributed by atoms with Gasteiger partial charge in [-0.2, -0.15) is 5.10 Å². The van der Waals surface area contributed by atoms with Gasteiger partial charge in [-0.3, -0.25) is 14.3 Å². The molecule has 8 nitrogen and oxygen atoms in total. The number of nitrogens with zero attached hydrogens (tertiary/aromatic N) is 4. The van der Waals surface area contributed by atoms with E-state index in [0.29, 0.717) is 31.8 Å². The smallest absolute Gasteiger partial charge is 0.247 e. The van der Waals surface area contributed by atoms with E-state index in [1.165, 1.54) is 0 Å². The Hall–Kier alpha value is -3.03. The minimum absolute atomic E-state index is 0.0532. The number of fused-ring (bicyclic) bond motifs is 1. The molecule has 0 radical (unpaired) electrons. The highest BCUT2D eigenvalue weighted by Crippen LogP contribution is 2.33. The first-order valence-corrected chi connectivity index (χ1v) is 9.10. The molecule has 0 N–H and O–H groups in total. The van der Waals surface area contributed by atoms with Crippen LogP contribution in [0.5, 0.6) is 11.5 Å². The van der Waals surface area contributed by atoms with Gasteiger partial charge in [0.2, 0.25) is 18.6 Å². The van der Waals surface area contributed by atoms with E-state index < -0.39 is 0 Å². The van der Waals surface area contributed by atoms with E-state index in [0.717, 1.165) is 11.3 Å². The lowest BCUT2D eigenvalue weighted by molar-refractivity contribution is -0.147. The van der Waals surface area contributed by atoms with Crippen molar-refractivity contribution in [3.8, 4) is 11.5 Å². The Morgan fingerprint density at radius 2 is 2.11 bits per heavy atom. The Labute approximate surface area is 157 Å². The van der Waals surface area contributed by atoms with Gasteiger partial charge in [0, 0.05) is 32.0 Å². The molecule has 2 amide bonds. The summed E-state index contributed by atoms with van der Waals surface area (Å²) < 4.78 is 12.4. The van der Waals surface area contributed by atoms with Crippen LogP contribution in [0.4, 0.5) is 0 Å². The molecule has 1 atom stereocenters. The van der Waals surface area contributed by atoms with Crippen LogP contribution in [0.25, 0.3) is 0 Å². The molecule has 2 aliphatic rings. The highest BCUT2D eigenvalue weighted by Gasteiger charge is 2.31. The van der Waals surface area contributed by atoms with E-state index in [1.807, 2.05) is 25.1 Å². The summed E-state index contributed by atoms with van der Waals surface area (Å²) in [5.74, 6) is 1.32. The molecule has 0 aliphatic carbocycles. The minimum Gasteiger partial charge on any atom is -0.454 e. The summed E-state index contributed by atoms with van der Waals surface area (Å²) in [5, 5.41) is 4.17. The van der Waals surface area contributed by atoms with E-state index in [1.54, 1.807) is 32.9 Å². The highest BCUT2D eigenvalue weighted by molar-refractivity contribution is 5.87. The van der Waals surface area contributed by atoms with E-state index in [2.05, 4.69) is 5.10 Å². The van der Waals surface area contributed by atoms with Gasteiger partial charge >= 0.3 is 0 Å². The molecule has 0 saturated carbocycles. The lowest BCUT2D eigenvalue weighted by atomic mass is 10.1. The van der Waals surface area contributed by atoms with Gasteiger partial charge in [-0.05, 0) is 30.2 Å². The number of carbonyl (C=O) groups is 2. The molecule has 0 unspecified atom stereocenters. The zero-order valence-electron chi connectivity index (χ0n) is 15.2. The Morgan fingerprint density at radius 1 is 1.26 bits per heavy atom. The number of hydrogen-bond donors (Lipinski definition) is 0. The molecule has 1 saturated heterocycles. The monoisotopic (exact) mass is 370 g/mol. The van der Waals surface area contributed by atoms with Crippen LogP contribution in [0.2, 0.25) is 0 Å². The molecule has 1 aromatic heterocycles. The molecule has 3 heterocycles. The molecular formula is C19H22N4O4. The number of benzene rings is 1. The van der Waals surface area contributed by atoms with Crippen molar-refractivity contribution in [1.29, 1.82) is 0 Å². The summed E-state index contributed by atoms with van der Waals surface area (Å²) in [5.41, 5.74) is 0.982. The lowest BCUT2D eigenvalue weighted by Crippen LogP contribution is -2.53. The van der Waals surface area contributed by atoms with Crippen molar-refractivity contribution in [1.82, 2.24) is 19.6 Å². The number of piperazine rings is 1. The fourth-order valence-corrected chi connectivity index (χ4v) is 3.47. The average Bonchev–Trinajstić information content (AvgIpc) is 3.35. The molecular weight excluding hydrogens is 348 g/mol. The van der Waals surface area contributed by atoms with Crippen LogP contribution >= 0.6 is 0 Å². The van der Waals surface area contributed by atoms with Crippen molar-refractivity contribution in [2.75, 3.05) is 26.4 Å². The minimum atomic E-state index is -0.367. The van der Waals surface area contributed by atoms with Crippen LogP contribution in [-0.4, -0.2) is 57.8 Å². The molecule has 27 heavy (non-hydrogen) atoms. The standard InChI is InChI=1S/C19H22N4O4/c1-2-15(23-7-3-6-20-23)19(25)22-9-8-21(18(24)12-22)11-14-4-5-16-17(10-14)27-13-26-16/h3-7,10,15H,2,8-9,11-13H2,1H3/t15-/m0/s1. The van der Waals surface area contributed by atoms with Crippen LogP contribution in [0.15, 0.2) is 36.7 Å². The number of carbonyl (C=O) groups excluding carboxylic acids is 2. The summed E-state index contributed by atoms with van der Waals surface area (Å²) in [6, 6.07) is 7.12. The zero-order valence-corrected chi connectivity index (χ0v) is 15.2. The summed E-state index contributed by atoms with van der Waals surface area (Å²) in [6.07, 6.45) is 4.07. The van der Waals surface area contributed by atoms with Gasteiger partial charge < -0.3 is 19.3 Å². The second-order valence-electron chi connectivity index (χ2n) is 6.67. The molecule has 0 bridgehead atoms. The van der Waals surface area contributed by atoms with Crippen LogP contribution < -0.4 is 9.47 Å². The fraction of sp³-hybridized carbons (Fsp3) is 0.421. The Bertz CT molecular complexity index is 836. The molecule has 4 rings (SSSR count). The summed E-state index contributed by atoms with van der Waals surface area (Å²) >= 11 is 0. The maximum atomic E-state index is 12.8. The van der Waals surface area contributed by atoms with Crippen LogP contribution in [0, 0.1) is 0 Å². The fourth-order valence-electron chi connectivity index (χ4n) is 3.47. The number of aromatic nitrogens is 2. The Balaban J connectivity index is 1.39. The second kappa shape index (κ2) is 7.30. The normalized spacial score (nSPS) is 17.3. The summed E-state index contributed by atoms with van der Waals surface area (Å²) in [4.78, 5) is 28.8. The molecule has 1 fully saturated rings. The SMILES string of the molecule is CC[C@@H](C(=O)N1CCN(Cc2ccc3c(c2)OCO3)C(=O)C1)n1cccn1. The molecule has 2 aliphatic heterocycles. The van der Waals surface area contributed by atoms with Crippen molar-refractivity contribution >= 4 is 11.8 Å². The first kappa shape index (κ1) is 17.4. The van der Waals surface area contributed by atoms with Gasteiger partial charge in [-0.25, -0.2) is 0 Å². The molecule has 0 spiro atoms. The highest BCUT2D eigenvalue weighted by atomic mass is 16.7. The van der Waals surface area contributed by atoms with Crippen molar-refractivity contribution in [3.05, 3.63) is 42.2 Å². The summed E-state index contributed by atoms with van der Waals surface area (Å²) in [6.45, 7) is 3.80. The largest absolute Gasteiger partial charge is 0.454 e.